The molecule has 0 bridgehead atoms. The van der Waals surface area contributed by atoms with Crippen molar-refractivity contribution in [3.8, 4) is 0 Å². The Morgan fingerprint density at radius 2 is 1.86 bits per heavy atom. The molecule has 2 nitrogen and oxygen atoms in total. The molecule has 22 heavy (non-hydrogen) atoms. The Kier molecular flexibility index (Phi) is 8.29. The van der Waals surface area contributed by atoms with Crippen LogP contribution in [-0.4, -0.2) is 22.4 Å². The van der Waals surface area contributed by atoms with Gasteiger partial charge in [-0.05, 0) is 61.5 Å². The van der Waals surface area contributed by atoms with Gasteiger partial charge in [0, 0.05) is 18.1 Å². The summed E-state index contributed by atoms with van der Waals surface area (Å²) in [6, 6.07) is 6.05. The average Bonchev–Trinajstić information content (AvgIpc) is 2.42. The molecule has 0 amide bonds. The lowest BCUT2D eigenvalue weighted by Crippen LogP contribution is -2.27. The zero-order chi connectivity index (χ0) is 16.6. The Morgan fingerprint density at radius 1 is 1.14 bits per heavy atom. The van der Waals surface area contributed by atoms with E-state index in [1.54, 1.807) is 10.8 Å². The molecule has 4 heteroatoms. The van der Waals surface area contributed by atoms with E-state index in [1.165, 1.54) is 0 Å². The highest BCUT2D eigenvalue weighted by Crippen LogP contribution is 2.35. The SMILES string of the molecule is CC(CCC(C)(C)OCCC(C)(C)C)SSc1ccccn1. The first kappa shape index (κ1) is 19.9. The zero-order valence-corrected chi connectivity index (χ0v) is 16.5. The third-order valence-electron chi connectivity index (χ3n) is 3.43. The number of pyridine rings is 1. The van der Waals surface area contributed by atoms with Crippen LogP contribution in [0.5, 0.6) is 0 Å². The van der Waals surface area contributed by atoms with Gasteiger partial charge in [0.1, 0.15) is 5.03 Å². The van der Waals surface area contributed by atoms with Crippen LogP contribution in [0.2, 0.25) is 0 Å². The molecule has 0 saturated carbocycles. The van der Waals surface area contributed by atoms with Gasteiger partial charge in [0.2, 0.25) is 0 Å². The Hall–Kier alpha value is -0.190. The number of nitrogens with zero attached hydrogens (tertiary/aromatic N) is 1. The summed E-state index contributed by atoms with van der Waals surface area (Å²) < 4.78 is 6.09. The van der Waals surface area contributed by atoms with Crippen molar-refractivity contribution >= 4 is 21.6 Å². The summed E-state index contributed by atoms with van der Waals surface area (Å²) >= 11 is 0. The first-order valence-corrected chi connectivity index (χ1v) is 10.3. The van der Waals surface area contributed by atoms with Gasteiger partial charge in [0.15, 0.2) is 0 Å². The quantitative estimate of drug-likeness (QED) is 0.497. The molecule has 0 aliphatic carbocycles. The fourth-order valence-corrected chi connectivity index (χ4v) is 3.92. The smallest absolute Gasteiger partial charge is 0.106 e. The van der Waals surface area contributed by atoms with E-state index >= 15 is 0 Å². The van der Waals surface area contributed by atoms with Crippen LogP contribution < -0.4 is 0 Å². The molecule has 0 saturated heterocycles. The van der Waals surface area contributed by atoms with Gasteiger partial charge < -0.3 is 4.74 Å². The lowest BCUT2D eigenvalue weighted by atomic mass is 9.92. The van der Waals surface area contributed by atoms with Crippen LogP contribution in [-0.2, 0) is 4.74 Å². The first-order chi connectivity index (χ1) is 10.2. The van der Waals surface area contributed by atoms with Crippen LogP contribution in [0, 0.1) is 5.41 Å². The van der Waals surface area contributed by atoms with E-state index in [-0.39, 0.29) is 5.60 Å². The normalized spacial score (nSPS) is 14.1. The van der Waals surface area contributed by atoms with Crippen LogP contribution >= 0.6 is 21.6 Å². The molecule has 1 atom stereocenters. The average molecular weight is 342 g/mol. The minimum absolute atomic E-state index is 0.0320. The van der Waals surface area contributed by atoms with Crippen molar-refractivity contribution < 1.29 is 4.74 Å². The van der Waals surface area contributed by atoms with Crippen molar-refractivity contribution in [1.29, 1.82) is 0 Å². The van der Waals surface area contributed by atoms with Crippen molar-refractivity contribution in [2.75, 3.05) is 6.61 Å². The predicted molar refractivity (Wildman–Crippen MR) is 100 cm³/mol. The minimum Gasteiger partial charge on any atom is -0.376 e. The number of hydrogen-bond acceptors (Lipinski definition) is 4. The summed E-state index contributed by atoms with van der Waals surface area (Å²) in [6.07, 6.45) is 5.21. The van der Waals surface area contributed by atoms with Gasteiger partial charge in [0.05, 0.1) is 5.60 Å². The summed E-state index contributed by atoms with van der Waals surface area (Å²) in [5.74, 6) is 0. The molecular weight excluding hydrogens is 310 g/mol. The van der Waals surface area contributed by atoms with Crippen LogP contribution in [0.15, 0.2) is 29.4 Å². The van der Waals surface area contributed by atoms with E-state index in [9.17, 15) is 0 Å². The molecule has 1 unspecified atom stereocenters. The van der Waals surface area contributed by atoms with E-state index in [1.807, 2.05) is 29.1 Å². The third kappa shape index (κ3) is 9.75. The maximum atomic E-state index is 6.09. The maximum absolute atomic E-state index is 6.09. The molecule has 0 spiro atoms. The summed E-state index contributed by atoms with van der Waals surface area (Å²) in [4.78, 5) is 4.34. The monoisotopic (exact) mass is 341 g/mol. The Balaban J connectivity index is 2.22. The molecule has 1 aromatic heterocycles. The van der Waals surface area contributed by atoms with E-state index in [0.29, 0.717) is 10.7 Å². The highest BCUT2D eigenvalue weighted by molar-refractivity contribution is 8.76. The molecule has 126 valence electrons. The molecule has 0 radical (unpaired) electrons. The van der Waals surface area contributed by atoms with Gasteiger partial charge in [-0.25, -0.2) is 4.98 Å². The highest BCUT2D eigenvalue weighted by atomic mass is 33.1. The predicted octanol–water partition coefficient (Wildman–Crippen LogP) is 6.22. The number of rotatable bonds is 9. The summed E-state index contributed by atoms with van der Waals surface area (Å²) in [7, 11) is 3.66. The zero-order valence-electron chi connectivity index (χ0n) is 14.9. The van der Waals surface area contributed by atoms with E-state index < -0.39 is 0 Å². The van der Waals surface area contributed by atoms with Crippen molar-refractivity contribution in [3.63, 3.8) is 0 Å². The topological polar surface area (TPSA) is 22.1 Å². The lowest BCUT2D eigenvalue weighted by Gasteiger charge is -2.28. The molecule has 1 heterocycles. The molecular formula is C18H31NOS2. The van der Waals surface area contributed by atoms with Crippen molar-refractivity contribution in [2.24, 2.45) is 5.41 Å². The Labute approximate surface area is 144 Å². The van der Waals surface area contributed by atoms with Gasteiger partial charge in [-0.3, -0.25) is 0 Å². The largest absolute Gasteiger partial charge is 0.376 e. The molecule has 0 N–H and O–H groups in total. The Bertz CT molecular complexity index is 415. The van der Waals surface area contributed by atoms with Gasteiger partial charge in [-0.2, -0.15) is 0 Å². The van der Waals surface area contributed by atoms with Crippen molar-refractivity contribution in [3.05, 3.63) is 24.4 Å². The van der Waals surface area contributed by atoms with E-state index in [0.717, 1.165) is 30.9 Å². The van der Waals surface area contributed by atoms with Gasteiger partial charge in [0.25, 0.3) is 0 Å². The van der Waals surface area contributed by atoms with Gasteiger partial charge in [-0.15, -0.1) is 0 Å². The Morgan fingerprint density at radius 3 is 2.45 bits per heavy atom. The minimum atomic E-state index is -0.0320. The second kappa shape index (κ2) is 9.19. The molecule has 0 aliphatic heterocycles. The number of aromatic nitrogens is 1. The molecule has 1 aromatic rings. The summed E-state index contributed by atoms with van der Waals surface area (Å²) in [6.45, 7) is 14.3. The molecule has 0 aromatic carbocycles. The fourth-order valence-electron chi connectivity index (χ4n) is 1.83. The van der Waals surface area contributed by atoms with Crippen LogP contribution in [0.3, 0.4) is 0 Å². The molecule has 0 aliphatic rings. The van der Waals surface area contributed by atoms with Crippen molar-refractivity contribution in [1.82, 2.24) is 4.98 Å². The summed E-state index contributed by atoms with van der Waals surface area (Å²) in [5, 5.41) is 1.68. The van der Waals surface area contributed by atoms with Crippen LogP contribution in [0.4, 0.5) is 0 Å². The maximum Gasteiger partial charge on any atom is 0.106 e. The van der Waals surface area contributed by atoms with Gasteiger partial charge in [-0.1, -0.05) is 44.6 Å². The van der Waals surface area contributed by atoms with E-state index in [2.05, 4.69) is 52.6 Å². The van der Waals surface area contributed by atoms with Gasteiger partial charge >= 0.3 is 0 Å². The van der Waals surface area contributed by atoms with Crippen molar-refractivity contribution in [2.45, 2.75) is 76.7 Å². The number of ether oxygens (including phenoxy) is 1. The van der Waals surface area contributed by atoms with E-state index in [4.69, 9.17) is 4.74 Å². The fraction of sp³-hybridized carbons (Fsp3) is 0.722. The standard InChI is InChI=1S/C18H31NOS2/c1-15(21-22-16-9-7-8-13-19-16)10-11-18(5,6)20-14-12-17(2,3)4/h7-9,13,15H,10-12,14H2,1-6H3. The lowest BCUT2D eigenvalue weighted by molar-refractivity contribution is -0.0339. The number of hydrogen-bond donors (Lipinski definition) is 0. The second-order valence-corrected chi connectivity index (χ2v) is 10.3. The third-order valence-corrected chi connectivity index (χ3v) is 6.29. The molecule has 1 rings (SSSR count). The second-order valence-electron chi connectivity index (χ2n) is 7.62. The molecule has 0 fully saturated rings. The highest BCUT2D eigenvalue weighted by Gasteiger charge is 2.21. The first-order valence-electron chi connectivity index (χ1n) is 8.06. The summed E-state index contributed by atoms with van der Waals surface area (Å²) in [5.41, 5.74) is 0.314. The van der Waals surface area contributed by atoms with Crippen LogP contribution in [0.1, 0.15) is 60.8 Å². The van der Waals surface area contributed by atoms with Crippen LogP contribution in [0.25, 0.3) is 0 Å².